The van der Waals surface area contributed by atoms with Crippen LogP contribution in [0.15, 0.2) is 40.0 Å². The van der Waals surface area contributed by atoms with Gasteiger partial charge in [-0.3, -0.25) is 0 Å². The number of aryl methyl sites for hydroxylation is 1. The molecule has 6 heteroatoms. The van der Waals surface area contributed by atoms with Gasteiger partial charge in [0.25, 0.3) is 0 Å². The third-order valence-corrected chi connectivity index (χ3v) is 5.47. The van der Waals surface area contributed by atoms with Crippen LogP contribution in [-0.2, 0) is 23.2 Å². The zero-order valence-corrected chi connectivity index (χ0v) is 13.1. The number of nitrogens with zero attached hydrogens (tertiary/aromatic N) is 1. The summed E-state index contributed by atoms with van der Waals surface area (Å²) in [6, 6.07) is 5.06. The van der Waals surface area contributed by atoms with Crippen LogP contribution in [0.4, 0.5) is 0 Å². The van der Waals surface area contributed by atoms with Crippen molar-refractivity contribution in [2.24, 2.45) is 0 Å². The van der Waals surface area contributed by atoms with Crippen molar-refractivity contribution >= 4 is 10.0 Å². The molecule has 2 rings (SSSR count). The molecule has 0 aliphatic heterocycles. The van der Waals surface area contributed by atoms with Crippen LogP contribution in [0.1, 0.15) is 22.3 Å². The predicted octanol–water partition coefficient (Wildman–Crippen LogP) is 2.21. The highest BCUT2D eigenvalue weighted by molar-refractivity contribution is 7.89. The normalized spacial score (nSPS) is 12.0. The summed E-state index contributed by atoms with van der Waals surface area (Å²) in [5.41, 5.74) is 2.92. The topological polar surface area (TPSA) is 70.8 Å². The third kappa shape index (κ3) is 3.18. The van der Waals surface area contributed by atoms with Gasteiger partial charge in [0.1, 0.15) is 0 Å². The number of furan rings is 1. The van der Waals surface area contributed by atoms with Gasteiger partial charge < -0.3 is 9.52 Å². The van der Waals surface area contributed by atoms with Crippen molar-refractivity contribution in [2.75, 3.05) is 7.05 Å². The van der Waals surface area contributed by atoms with Gasteiger partial charge in [0.2, 0.25) is 10.0 Å². The molecule has 0 spiro atoms. The molecule has 0 saturated carbocycles. The summed E-state index contributed by atoms with van der Waals surface area (Å²) in [6.07, 6.45) is 3.03. The van der Waals surface area contributed by atoms with Crippen LogP contribution in [0.3, 0.4) is 0 Å². The van der Waals surface area contributed by atoms with Crippen molar-refractivity contribution < 1.29 is 17.9 Å². The van der Waals surface area contributed by atoms with Crippen LogP contribution in [0.5, 0.6) is 0 Å². The van der Waals surface area contributed by atoms with Crippen molar-refractivity contribution in [3.05, 3.63) is 53.0 Å². The van der Waals surface area contributed by atoms with E-state index in [0.29, 0.717) is 11.1 Å². The fourth-order valence-corrected chi connectivity index (χ4v) is 3.65. The van der Waals surface area contributed by atoms with E-state index in [0.717, 1.165) is 11.1 Å². The molecule has 1 aromatic heterocycles. The first-order valence-electron chi connectivity index (χ1n) is 6.54. The fourth-order valence-electron chi connectivity index (χ4n) is 2.15. The van der Waals surface area contributed by atoms with Gasteiger partial charge in [-0.15, -0.1) is 0 Å². The minimum Gasteiger partial charge on any atom is -0.472 e. The summed E-state index contributed by atoms with van der Waals surface area (Å²) < 4.78 is 31.7. The molecule has 5 nitrogen and oxygen atoms in total. The maximum absolute atomic E-state index is 12.7. The van der Waals surface area contributed by atoms with E-state index < -0.39 is 10.0 Å². The molecule has 0 aliphatic carbocycles. The second kappa shape index (κ2) is 6.01. The largest absolute Gasteiger partial charge is 0.472 e. The molecule has 0 atom stereocenters. The first kappa shape index (κ1) is 15.8. The molecule has 1 heterocycles. The van der Waals surface area contributed by atoms with Crippen molar-refractivity contribution in [3.8, 4) is 0 Å². The number of aliphatic hydroxyl groups is 1. The Hall–Kier alpha value is -1.63. The molecular formula is C15H19NO4S. The molecule has 1 N–H and O–H groups in total. The Kier molecular flexibility index (Phi) is 4.51. The van der Waals surface area contributed by atoms with Gasteiger partial charge in [0, 0.05) is 19.2 Å². The summed E-state index contributed by atoms with van der Waals surface area (Å²) in [5.74, 6) is 0. The molecular weight excluding hydrogens is 290 g/mol. The lowest BCUT2D eigenvalue weighted by atomic mass is 10.1. The molecule has 1 aromatic carbocycles. The monoisotopic (exact) mass is 309 g/mol. The van der Waals surface area contributed by atoms with Gasteiger partial charge in [0.15, 0.2) is 0 Å². The van der Waals surface area contributed by atoms with Crippen LogP contribution >= 0.6 is 0 Å². The van der Waals surface area contributed by atoms with Crippen molar-refractivity contribution in [2.45, 2.75) is 31.9 Å². The molecule has 114 valence electrons. The molecule has 0 aliphatic rings. The molecule has 0 bridgehead atoms. The zero-order valence-electron chi connectivity index (χ0n) is 12.3. The van der Waals surface area contributed by atoms with E-state index in [-0.39, 0.29) is 18.0 Å². The number of aliphatic hydroxyl groups excluding tert-OH is 1. The van der Waals surface area contributed by atoms with Crippen LogP contribution < -0.4 is 0 Å². The standard InChI is InChI=1S/C15H19NO4S/c1-11-6-14(9-17)7-15(12(11)2)21(18,19)16(3)8-13-4-5-20-10-13/h4-7,10,17H,8-9H2,1-3H3. The van der Waals surface area contributed by atoms with Gasteiger partial charge >= 0.3 is 0 Å². The maximum Gasteiger partial charge on any atom is 0.243 e. The molecule has 21 heavy (non-hydrogen) atoms. The number of sulfonamides is 1. The van der Waals surface area contributed by atoms with Crippen molar-refractivity contribution in [3.63, 3.8) is 0 Å². The average molecular weight is 309 g/mol. The predicted molar refractivity (Wildman–Crippen MR) is 79.2 cm³/mol. The number of benzene rings is 1. The zero-order chi connectivity index (χ0) is 15.6. The van der Waals surface area contributed by atoms with Crippen LogP contribution in [-0.4, -0.2) is 24.9 Å². The van der Waals surface area contributed by atoms with E-state index in [1.54, 1.807) is 19.1 Å². The number of hydrogen-bond acceptors (Lipinski definition) is 4. The fraction of sp³-hybridized carbons (Fsp3) is 0.333. The molecule has 0 amide bonds. The lowest BCUT2D eigenvalue weighted by Gasteiger charge is -2.19. The van der Waals surface area contributed by atoms with E-state index in [9.17, 15) is 13.5 Å². The Morgan fingerprint density at radius 2 is 1.95 bits per heavy atom. The van der Waals surface area contributed by atoms with Crippen molar-refractivity contribution in [1.82, 2.24) is 4.31 Å². The Morgan fingerprint density at radius 3 is 2.52 bits per heavy atom. The maximum atomic E-state index is 12.7. The molecule has 0 radical (unpaired) electrons. The average Bonchev–Trinajstić information content (AvgIpc) is 2.94. The van der Waals surface area contributed by atoms with Gasteiger partial charge in [-0.25, -0.2) is 8.42 Å². The summed E-state index contributed by atoms with van der Waals surface area (Å²) >= 11 is 0. The Bertz CT molecular complexity index is 720. The SMILES string of the molecule is Cc1cc(CO)cc(S(=O)(=O)N(C)Cc2ccoc2)c1C. The molecule has 0 saturated heterocycles. The Morgan fingerprint density at radius 1 is 1.24 bits per heavy atom. The lowest BCUT2D eigenvalue weighted by Crippen LogP contribution is -2.27. The van der Waals surface area contributed by atoms with Crippen molar-refractivity contribution in [1.29, 1.82) is 0 Å². The Labute approximate surface area is 124 Å². The summed E-state index contributed by atoms with van der Waals surface area (Å²) in [6.45, 7) is 3.66. The van der Waals surface area contributed by atoms with E-state index in [2.05, 4.69) is 0 Å². The lowest BCUT2D eigenvalue weighted by molar-refractivity contribution is 0.281. The second-order valence-electron chi connectivity index (χ2n) is 5.09. The summed E-state index contributed by atoms with van der Waals surface area (Å²) in [4.78, 5) is 0.234. The Balaban J connectivity index is 2.41. The van der Waals surface area contributed by atoms with Gasteiger partial charge in [0.05, 0.1) is 24.0 Å². The second-order valence-corrected chi connectivity index (χ2v) is 7.10. The number of rotatable bonds is 5. The third-order valence-electron chi connectivity index (χ3n) is 3.54. The van der Waals surface area contributed by atoms with E-state index in [1.165, 1.54) is 29.9 Å². The van der Waals surface area contributed by atoms with Gasteiger partial charge in [-0.05, 0) is 42.7 Å². The highest BCUT2D eigenvalue weighted by Crippen LogP contribution is 2.25. The quantitative estimate of drug-likeness (QED) is 0.919. The number of hydrogen-bond donors (Lipinski definition) is 1. The van der Waals surface area contributed by atoms with Crippen LogP contribution in [0.2, 0.25) is 0 Å². The highest BCUT2D eigenvalue weighted by Gasteiger charge is 2.24. The minimum absolute atomic E-state index is 0.185. The molecule has 0 fully saturated rings. The summed E-state index contributed by atoms with van der Waals surface area (Å²) in [5, 5.41) is 9.27. The van der Waals surface area contributed by atoms with Gasteiger partial charge in [-0.1, -0.05) is 6.07 Å². The molecule has 2 aromatic rings. The van der Waals surface area contributed by atoms with E-state index >= 15 is 0 Å². The first-order chi connectivity index (χ1) is 9.86. The van der Waals surface area contributed by atoms with Gasteiger partial charge in [-0.2, -0.15) is 4.31 Å². The van der Waals surface area contributed by atoms with Crippen LogP contribution in [0.25, 0.3) is 0 Å². The first-order valence-corrected chi connectivity index (χ1v) is 7.98. The van der Waals surface area contributed by atoms with Crippen LogP contribution in [0, 0.1) is 13.8 Å². The highest BCUT2D eigenvalue weighted by atomic mass is 32.2. The van der Waals surface area contributed by atoms with E-state index in [4.69, 9.17) is 4.42 Å². The molecule has 0 unspecified atom stereocenters. The summed E-state index contributed by atoms with van der Waals surface area (Å²) in [7, 11) is -2.09. The smallest absolute Gasteiger partial charge is 0.243 e. The minimum atomic E-state index is -3.62. The van der Waals surface area contributed by atoms with E-state index in [1.807, 2.05) is 6.92 Å².